The fourth-order valence-corrected chi connectivity index (χ4v) is 4.66. The highest BCUT2D eigenvalue weighted by atomic mass is 16.5. The van der Waals surface area contributed by atoms with E-state index < -0.39 is 0 Å². The first kappa shape index (κ1) is 20.8. The number of nitrogens with zero attached hydrogens (tertiary/aromatic N) is 5. The standard InChI is InChI=1S/C23H33N5O2/c1-2-15-27-21-13-12-20(17-18(21)11-14-23(27)29)30-16-7-6-10-22-24-25-26-28(22)19-8-4-3-5-9-19/h12-13,17,19H,2-11,14-16H2,1H3. The number of carbonyl (C=O) groups excluding carboxylic acids is 1. The van der Waals surface area contributed by atoms with Gasteiger partial charge in [-0.3, -0.25) is 4.79 Å². The molecule has 1 aromatic heterocycles. The molecular weight excluding hydrogens is 378 g/mol. The van der Waals surface area contributed by atoms with Gasteiger partial charge < -0.3 is 9.64 Å². The second-order valence-corrected chi connectivity index (χ2v) is 8.47. The molecule has 0 radical (unpaired) electrons. The number of aromatic nitrogens is 4. The van der Waals surface area contributed by atoms with Crippen molar-refractivity contribution < 1.29 is 9.53 Å². The minimum absolute atomic E-state index is 0.230. The molecule has 162 valence electrons. The second-order valence-electron chi connectivity index (χ2n) is 8.47. The van der Waals surface area contributed by atoms with E-state index in [2.05, 4.69) is 33.2 Å². The minimum atomic E-state index is 0.230. The van der Waals surface area contributed by atoms with E-state index >= 15 is 0 Å². The zero-order valence-electron chi connectivity index (χ0n) is 18.1. The molecule has 1 aliphatic heterocycles. The molecule has 2 aliphatic rings. The fourth-order valence-electron chi connectivity index (χ4n) is 4.66. The van der Waals surface area contributed by atoms with Gasteiger partial charge in [-0.05, 0) is 72.7 Å². The Morgan fingerprint density at radius 3 is 2.83 bits per heavy atom. The van der Waals surface area contributed by atoms with Crippen LogP contribution in [-0.2, 0) is 17.6 Å². The number of hydrogen-bond acceptors (Lipinski definition) is 5. The monoisotopic (exact) mass is 411 g/mol. The molecule has 0 unspecified atom stereocenters. The molecule has 0 bridgehead atoms. The Kier molecular flexibility index (Phi) is 6.97. The molecule has 2 heterocycles. The first-order valence-electron chi connectivity index (χ1n) is 11.6. The van der Waals surface area contributed by atoms with Gasteiger partial charge >= 0.3 is 0 Å². The highest BCUT2D eigenvalue weighted by molar-refractivity contribution is 5.96. The summed E-state index contributed by atoms with van der Waals surface area (Å²) in [7, 11) is 0. The second kappa shape index (κ2) is 10.0. The van der Waals surface area contributed by atoms with Gasteiger partial charge in [0.2, 0.25) is 5.91 Å². The van der Waals surface area contributed by atoms with E-state index in [1.54, 1.807) is 0 Å². The SMILES string of the molecule is CCCN1C(=O)CCc2cc(OCCCCc3nnnn3C3CCCCC3)ccc21. The highest BCUT2D eigenvalue weighted by Gasteiger charge is 2.23. The van der Waals surface area contributed by atoms with Gasteiger partial charge in [0.15, 0.2) is 5.82 Å². The predicted octanol–water partition coefficient (Wildman–Crippen LogP) is 4.27. The van der Waals surface area contributed by atoms with E-state index in [1.807, 2.05) is 17.0 Å². The lowest BCUT2D eigenvalue weighted by atomic mass is 9.95. The Morgan fingerprint density at radius 1 is 1.13 bits per heavy atom. The number of rotatable bonds is 9. The van der Waals surface area contributed by atoms with E-state index in [1.165, 1.54) is 37.7 Å². The Balaban J connectivity index is 1.25. The van der Waals surface area contributed by atoms with Crippen LogP contribution in [0.15, 0.2) is 18.2 Å². The topological polar surface area (TPSA) is 73.1 Å². The van der Waals surface area contributed by atoms with Gasteiger partial charge in [0.1, 0.15) is 5.75 Å². The summed E-state index contributed by atoms with van der Waals surface area (Å²) in [5.74, 6) is 2.14. The lowest BCUT2D eigenvalue weighted by Gasteiger charge is -2.29. The lowest BCUT2D eigenvalue weighted by Crippen LogP contribution is -2.35. The van der Waals surface area contributed by atoms with Crippen molar-refractivity contribution in [1.29, 1.82) is 0 Å². The number of carbonyl (C=O) groups is 1. The van der Waals surface area contributed by atoms with Crippen LogP contribution in [0.3, 0.4) is 0 Å². The molecule has 1 saturated carbocycles. The summed E-state index contributed by atoms with van der Waals surface area (Å²) in [4.78, 5) is 14.1. The van der Waals surface area contributed by atoms with Gasteiger partial charge in [-0.1, -0.05) is 26.2 Å². The summed E-state index contributed by atoms with van der Waals surface area (Å²) in [5, 5.41) is 12.4. The van der Waals surface area contributed by atoms with Crippen molar-refractivity contribution in [3.63, 3.8) is 0 Å². The van der Waals surface area contributed by atoms with Crippen LogP contribution >= 0.6 is 0 Å². The molecular formula is C23H33N5O2. The normalized spacial score (nSPS) is 17.2. The summed E-state index contributed by atoms with van der Waals surface area (Å²) >= 11 is 0. The molecule has 0 saturated heterocycles. The first-order chi connectivity index (χ1) is 14.8. The molecule has 7 heteroatoms. The van der Waals surface area contributed by atoms with Gasteiger partial charge in [0.05, 0.1) is 12.6 Å². The zero-order chi connectivity index (χ0) is 20.8. The Hall–Kier alpha value is -2.44. The minimum Gasteiger partial charge on any atom is -0.494 e. The van der Waals surface area contributed by atoms with Crippen molar-refractivity contribution in [1.82, 2.24) is 20.2 Å². The number of hydrogen-bond donors (Lipinski definition) is 0. The molecule has 1 aromatic carbocycles. The van der Waals surface area contributed by atoms with Crippen molar-refractivity contribution in [3.05, 3.63) is 29.6 Å². The van der Waals surface area contributed by atoms with Crippen molar-refractivity contribution in [2.45, 2.75) is 83.6 Å². The predicted molar refractivity (Wildman–Crippen MR) is 116 cm³/mol. The average molecular weight is 412 g/mol. The molecule has 0 atom stereocenters. The molecule has 0 spiro atoms. The Labute approximate surface area is 178 Å². The average Bonchev–Trinajstić information content (AvgIpc) is 3.25. The van der Waals surface area contributed by atoms with E-state index in [-0.39, 0.29) is 5.91 Å². The smallest absolute Gasteiger partial charge is 0.227 e. The summed E-state index contributed by atoms with van der Waals surface area (Å²) < 4.78 is 8.06. The van der Waals surface area contributed by atoms with Crippen LogP contribution in [0.1, 0.15) is 82.1 Å². The Morgan fingerprint density at radius 2 is 2.00 bits per heavy atom. The van der Waals surface area contributed by atoms with Gasteiger partial charge in [0.25, 0.3) is 0 Å². The summed E-state index contributed by atoms with van der Waals surface area (Å²) in [6, 6.07) is 6.61. The first-order valence-corrected chi connectivity index (χ1v) is 11.6. The van der Waals surface area contributed by atoms with Crippen molar-refractivity contribution in [2.75, 3.05) is 18.1 Å². The van der Waals surface area contributed by atoms with Gasteiger partial charge in [-0.2, -0.15) is 0 Å². The molecule has 1 fully saturated rings. The summed E-state index contributed by atoms with van der Waals surface area (Å²) in [6.07, 6.45) is 11.5. The third kappa shape index (κ3) is 4.82. The van der Waals surface area contributed by atoms with Crippen molar-refractivity contribution in [3.8, 4) is 5.75 Å². The van der Waals surface area contributed by atoms with Crippen LogP contribution in [-0.4, -0.2) is 39.3 Å². The number of anilines is 1. The number of amides is 1. The number of fused-ring (bicyclic) bond motifs is 1. The molecule has 1 amide bonds. The zero-order valence-corrected chi connectivity index (χ0v) is 18.1. The van der Waals surface area contributed by atoms with Gasteiger partial charge in [-0.15, -0.1) is 5.10 Å². The van der Waals surface area contributed by atoms with E-state index in [0.717, 1.165) is 55.9 Å². The van der Waals surface area contributed by atoms with Crippen LogP contribution in [0.5, 0.6) is 5.75 Å². The number of benzene rings is 1. The summed E-state index contributed by atoms with van der Waals surface area (Å²) in [6.45, 7) is 3.57. The summed E-state index contributed by atoms with van der Waals surface area (Å²) in [5.41, 5.74) is 2.27. The maximum atomic E-state index is 12.2. The van der Waals surface area contributed by atoms with Crippen LogP contribution in [0, 0.1) is 0 Å². The third-order valence-electron chi connectivity index (χ3n) is 6.24. The molecule has 30 heavy (non-hydrogen) atoms. The quantitative estimate of drug-likeness (QED) is 0.576. The molecule has 0 N–H and O–H groups in total. The Bertz CT molecular complexity index is 844. The van der Waals surface area contributed by atoms with E-state index in [9.17, 15) is 4.79 Å². The lowest BCUT2D eigenvalue weighted by molar-refractivity contribution is -0.118. The van der Waals surface area contributed by atoms with Gasteiger partial charge in [0, 0.05) is 25.1 Å². The van der Waals surface area contributed by atoms with Crippen LogP contribution < -0.4 is 9.64 Å². The molecule has 7 nitrogen and oxygen atoms in total. The maximum absolute atomic E-state index is 12.2. The molecule has 4 rings (SSSR count). The number of unbranched alkanes of at least 4 members (excludes halogenated alkanes) is 1. The number of tetrazole rings is 1. The third-order valence-corrected chi connectivity index (χ3v) is 6.24. The van der Waals surface area contributed by atoms with Crippen LogP contribution in [0.25, 0.3) is 0 Å². The van der Waals surface area contributed by atoms with Crippen molar-refractivity contribution in [2.24, 2.45) is 0 Å². The fraction of sp³-hybridized carbons (Fsp3) is 0.652. The highest BCUT2D eigenvalue weighted by Crippen LogP contribution is 2.31. The van der Waals surface area contributed by atoms with Crippen molar-refractivity contribution >= 4 is 11.6 Å². The largest absolute Gasteiger partial charge is 0.494 e. The van der Waals surface area contributed by atoms with Crippen LogP contribution in [0.2, 0.25) is 0 Å². The maximum Gasteiger partial charge on any atom is 0.227 e. The number of aryl methyl sites for hydroxylation is 2. The van der Waals surface area contributed by atoms with Gasteiger partial charge in [-0.25, -0.2) is 4.68 Å². The van der Waals surface area contributed by atoms with E-state index in [0.29, 0.717) is 19.1 Å². The number of ether oxygens (including phenoxy) is 1. The van der Waals surface area contributed by atoms with Crippen LogP contribution in [0.4, 0.5) is 5.69 Å². The molecule has 2 aromatic rings. The van der Waals surface area contributed by atoms with E-state index in [4.69, 9.17) is 4.74 Å². The molecule has 1 aliphatic carbocycles.